The van der Waals surface area contributed by atoms with Gasteiger partial charge in [-0.2, -0.15) is 0 Å². The van der Waals surface area contributed by atoms with E-state index in [0.29, 0.717) is 22.9 Å². The maximum Gasteiger partial charge on any atom is 0.312 e. The van der Waals surface area contributed by atoms with Crippen LogP contribution in [0.2, 0.25) is 5.02 Å². The molecule has 2 aromatic rings. The molecule has 0 atom stereocenters. The summed E-state index contributed by atoms with van der Waals surface area (Å²) in [5.74, 6) is 5.79. The first-order valence-corrected chi connectivity index (χ1v) is 6.48. The third-order valence-corrected chi connectivity index (χ3v) is 2.71. The van der Waals surface area contributed by atoms with Crippen LogP contribution in [0, 0.1) is 11.8 Å². The van der Waals surface area contributed by atoms with E-state index in [-0.39, 0.29) is 12.4 Å². The standard InChI is InChI=1S/C16H12ClNO2/c17-14-9-2-3-10-15(14)20-16(19)11-4-1-7-13-8-5-6-12-18-13/h2-3,5-6,8-10,12H,4,11H2. The van der Waals surface area contributed by atoms with E-state index >= 15 is 0 Å². The molecule has 0 amide bonds. The van der Waals surface area contributed by atoms with Crippen LogP contribution in [0.4, 0.5) is 0 Å². The molecule has 1 heterocycles. The Morgan fingerprint density at radius 1 is 1.20 bits per heavy atom. The molecule has 0 saturated heterocycles. The van der Waals surface area contributed by atoms with Gasteiger partial charge < -0.3 is 4.74 Å². The minimum absolute atomic E-state index is 0.213. The first-order chi connectivity index (χ1) is 9.75. The van der Waals surface area contributed by atoms with Gasteiger partial charge in [0.25, 0.3) is 0 Å². The summed E-state index contributed by atoms with van der Waals surface area (Å²) in [5, 5.41) is 0.417. The van der Waals surface area contributed by atoms with Gasteiger partial charge in [0.2, 0.25) is 0 Å². The van der Waals surface area contributed by atoms with Crippen molar-refractivity contribution in [1.82, 2.24) is 4.98 Å². The Morgan fingerprint density at radius 2 is 2.00 bits per heavy atom. The van der Waals surface area contributed by atoms with E-state index in [9.17, 15) is 4.79 Å². The molecule has 0 unspecified atom stereocenters. The number of carbonyl (C=O) groups excluding carboxylic acids is 1. The molecule has 0 radical (unpaired) electrons. The summed E-state index contributed by atoms with van der Waals surface area (Å²) in [6.07, 6.45) is 2.31. The number of benzene rings is 1. The number of ether oxygens (including phenoxy) is 1. The molecule has 0 N–H and O–H groups in total. The van der Waals surface area contributed by atoms with Gasteiger partial charge in [0, 0.05) is 12.6 Å². The highest BCUT2D eigenvalue weighted by Crippen LogP contribution is 2.23. The van der Waals surface area contributed by atoms with Gasteiger partial charge in [0.1, 0.15) is 11.4 Å². The van der Waals surface area contributed by atoms with Crippen LogP contribution in [0.25, 0.3) is 0 Å². The van der Waals surface area contributed by atoms with Crippen molar-refractivity contribution in [3.63, 3.8) is 0 Å². The average Bonchev–Trinajstić information content (AvgIpc) is 2.47. The minimum Gasteiger partial charge on any atom is -0.425 e. The summed E-state index contributed by atoms with van der Waals surface area (Å²) in [5.41, 5.74) is 0.687. The minimum atomic E-state index is -0.353. The Balaban J connectivity index is 1.82. The van der Waals surface area contributed by atoms with Crippen molar-refractivity contribution >= 4 is 17.6 Å². The summed E-state index contributed by atoms with van der Waals surface area (Å²) in [6, 6.07) is 12.4. The lowest BCUT2D eigenvalue weighted by atomic mass is 10.3. The van der Waals surface area contributed by atoms with Crippen molar-refractivity contribution in [3.05, 3.63) is 59.4 Å². The number of hydrogen-bond acceptors (Lipinski definition) is 3. The van der Waals surface area contributed by atoms with E-state index in [1.165, 1.54) is 0 Å². The molecule has 100 valence electrons. The van der Waals surface area contributed by atoms with Crippen LogP contribution in [-0.4, -0.2) is 11.0 Å². The number of rotatable bonds is 3. The predicted molar refractivity (Wildman–Crippen MR) is 77.4 cm³/mol. The SMILES string of the molecule is O=C(CCC#Cc1ccccn1)Oc1ccccc1Cl. The van der Waals surface area contributed by atoms with Crippen LogP contribution in [0.1, 0.15) is 18.5 Å². The number of pyridine rings is 1. The Hall–Kier alpha value is -2.31. The molecule has 0 aliphatic heterocycles. The van der Waals surface area contributed by atoms with Gasteiger partial charge >= 0.3 is 5.97 Å². The van der Waals surface area contributed by atoms with E-state index < -0.39 is 0 Å². The summed E-state index contributed by atoms with van der Waals surface area (Å²) < 4.78 is 5.14. The first kappa shape index (κ1) is 14.1. The van der Waals surface area contributed by atoms with Gasteiger partial charge in [0.05, 0.1) is 11.4 Å². The third kappa shape index (κ3) is 4.42. The topological polar surface area (TPSA) is 39.2 Å². The van der Waals surface area contributed by atoms with Crippen molar-refractivity contribution in [2.24, 2.45) is 0 Å². The largest absolute Gasteiger partial charge is 0.425 e. The molecule has 2 rings (SSSR count). The maximum absolute atomic E-state index is 11.6. The smallest absolute Gasteiger partial charge is 0.312 e. The Bertz CT molecular complexity index is 644. The zero-order chi connectivity index (χ0) is 14.2. The van der Waals surface area contributed by atoms with E-state index in [1.54, 1.807) is 30.5 Å². The number of esters is 1. The number of carbonyl (C=O) groups is 1. The number of para-hydroxylation sites is 1. The monoisotopic (exact) mass is 285 g/mol. The second-order valence-electron chi connectivity index (χ2n) is 3.92. The van der Waals surface area contributed by atoms with Crippen LogP contribution >= 0.6 is 11.6 Å². The van der Waals surface area contributed by atoms with Crippen LogP contribution in [0.5, 0.6) is 5.75 Å². The highest BCUT2D eigenvalue weighted by molar-refractivity contribution is 6.32. The fourth-order valence-electron chi connectivity index (χ4n) is 1.46. The number of halogens is 1. The molecule has 0 saturated carbocycles. The summed E-state index contributed by atoms with van der Waals surface area (Å²) >= 11 is 5.90. The Labute approximate surface area is 122 Å². The predicted octanol–water partition coefficient (Wildman–Crippen LogP) is 3.47. The summed E-state index contributed by atoms with van der Waals surface area (Å²) in [6.45, 7) is 0. The Kier molecular flexibility index (Phi) is 5.16. The lowest BCUT2D eigenvalue weighted by molar-refractivity contribution is -0.134. The highest BCUT2D eigenvalue weighted by atomic mass is 35.5. The van der Waals surface area contributed by atoms with Gasteiger partial charge in [-0.3, -0.25) is 4.79 Å². The lowest BCUT2D eigenvalue weighted by Crippen LogP contribution is -2.07. The molecule has 0 fully saturated rings. The van der Waals surface area contributed by atoms with Crippen LogP contribution in [-0.2, 0) is 4.79 Å². The van der Waals surface area contributed by atoms with Crippen molar-refractivity contribution in [2.75, 3.05) is 0 Å². The second kappa shape index (κ2) is 7.32. The lowest BCUT2D eigenvalue weighted by Gasteiger charge is -2.04. The van der Waals surface area contributed by atoms with Gasteiger partial charge in [0.15, 0.2) is 0 Å². The number of hydrogen-bond donors (Lipinski definition) is 0. The summed E-state index contributed by atoms with van der Waals surface area (Å²) in [7, 11) is 0. The van der Waals surface area contributed by atoms with E-state index in [1.807, 2.05) is 18.2 Å². The van der Waals surface area contributed by atoms with Crippen molar-refractivity contribution in [3.8, 4) is 17.6 Å². The number of nitrogens with zero attached hydrogens (tertiary/aromatic N) is 1. The normalized spacial score (nSPS) is 9.45. The van der Waals surface area contributed by atoms with Gasteiger partial charge in [-0.05, 0) is 30.2 Å². The molecule has 0 bridgehead atoms. The van der Waals surface area contributed by atoms with E-state index in [2.05, 4.69) is 16.8 Å². The highest BCUT2D eigenvalue weighted by Gasteiger charge is 2.06. The molecular weight excluding hydrogens is 274 g/mol. The molecule has 0 aliphatic carbocycles. The van der Waals surface area contributed by atoms with Crippen molar-refractivity contribution < 1.29 is 9.53 Å². The van der Waals surface area contributed by atoms with Crippen LogP contribution in [0.15, 0.2) is 48.7 Å². The average molecular weight is 286 g/mol. The molecule has 1 aromatic carbocycles. The van der Waals surface area contributed by atoms with E-state index in [4.69, 9.17) is 16.3 Å². The zero-order valence-corrected chi connectivity index (χ0v) is 11.4. The fraction of sp³-hybridized carbons (Fsp3) is 0.125. The second-order valence-corrected chi connectivity index (χ2v) is 4.33. The summed E-state index contributed by atoms with van der Waals surface area (Å²) in [4.78, 5) is 15.7. The zero-order valence-electron chi connectivity index (χ0n) is 10.7. The number of aromatic nitrogens is 1. The first-order valence-electron chi connectivity index (χ1n) is 6.11. The molecular formula is C16H12ClNO2. The molecule has 0 spiro atoms. The quantitative estimate of drug-likeness (QED) is 0.492. The molecule has 4 heteroatoms. The molecule has 20 heavy (non-hydrogen) atoms. The van der Waals surface area contributed by atoms with Gasteiger partial charge in [-0.1, -0.05) is 35.7 Å². The maximum atomic E-state index is 11.6. The third-order valence-electron chi connectivity index (χ3n) is 2.40. The van der Waals surface area contributed by atoms with Crippen molar-refractivity contribution in [2.45, 2.75) is 12.8 Å². The molecule has 1 aromatic heterocycles. The van der Waals surface area contributed by atoms with Gasteiger partial charge in [-0.25, -0.2) is 4.98 Å². The molecule has 3 nitrogen and oxygen atoms in total. The van der Waals surface area contributed by atoms with Gasteiger partial charge in [-0.15, -0.1) is 0 Å². The van der Waals surface area contributed by atoms with Crippen LogP contribution < -0.4 is 4.74 Å². The fourth-order valence-corrected chi connectivity index (χ4v) is 1.63. The van der Waals surface area contributed by atoms with Crippen molar-refractivity contribution in [1.29, 1.82) is 0 Å². The molecule has 0 aliphatic rings. The van der Waals surface area contributed by atoms with E-state index in [0.717, 1.165) is 0 Å². The van der Waals surface area contributed by atoms with Crippen LogP contribution in [0.3, 0.4) is 0 Å². The Morgan fingerprint density at radius 3 is 2.75 bits per heavy atom.